The molecule has 4 heteroatoms. The Bertz CT molecular complexity index is 477. The molecule has 19 heavy (non-hydrogen) atoms. The summed E-state index contributed by atoms with van der Waals surface area (Å²) in [7, 11) is 0. The van der Waals surface area contributed by atoms with Gasteiger partial charge in [0.1, 0.15) is 12.0 Å². The lowest BCUT2D eigenvalue weighted by Gasteiger charge is -2.35. The molecule has 0 saturated heterocycles. The number of halogens is 2. The maximum Gasteiger partial charge on any atom is 0.314 e. The van der Waals surface area contributed by atoms with Crippen molar-refractivity contribution in [3.8, 4) is 0 Å². The predicted octanol–water partition coefficient (Wildman–Crippen LogP) is 4.14. The summed E-state index contributed by atoms with van der Waals surface area (Å²) in [4.78, 5) is 11.7. The number of hydrogen-bond donors (Lipinski definition) is 1. The maximum atomic E-state index is 13.9. The molecule has 1 aromatic carbocycles. The van der Waals surface area contributed by atoms with Crippen LogP contribution in [0.5, 0.6) is 0 Å². The predicted molar refractivity (Wildman–Crippen MR) is 68.3 cm³/mol. The minimum Gasteiger partial charge on any atom is -0.481 e. The number of hydrogen-bond acceptors (Lipinski definition) is 1. The Hall–Kier alpha value is -1.45. The minimum absolute atomic E-state index is 0.0909. The molecule has 1 aliphatic carbocycles. The number of carboxylic acid groups (broad SMARTS) is 1. The highest BCUT2D eigenvalue weighted by atomic mass is 19.1. The van der Waals surface area contributed by atoms with E-state index >= 15 is 0 Å². The Kier molecular flexibility index (Phi) is 3.88. The third-order valence-electron chi connectivity index (χ3n) is 4.08. The zero-order valence-corrected chi connectivity index (χ0v) is 11.0. The Morgan fingerprint density at radius 2 is 1.95 bits per heavy atom. The van der Waals surface area contributed by atoms with Gasteiger partial charge in [-0.3, -0.25) is 4.79 Å². The van der Waals surface area contributed by atoms with Gasteiger partial charge in [0.05, 0.1) is 5.41 Å². The molecule has 1 unspecified atom stereocenters. The molecule has 1 N–H and O–H groups in total. The van der Waals surface area contributed by atoms with Crippen molar-refractivity contribution in [1.29, 1.82) is 0 Å². The number of rotatable bonds is 3. The summed E-state index contributed by atoms with van der Waals surface area (Å²) in [6.07, 6.45) is 1.93. The van der Waals surface area contributed by atoms with Crippen molar-refractivity contribution in [2.75, 3.05) is 0 Å². The lowest BCUT2D eigenvalue weighted by atomic mass is 9.67. The summed E-state index contributed by atoms with van der Waals surface area (Å²) in [5.41, 5.74) is -0.905. The molecule has 1 aliphatic rings. The van der Waals surface area contributed by atoms with E-state index in [2.05, 4.69) is 0 Å². The molecule has 1 saturated carbocycles. The molecular formula is C15H18F2O2. The van der Waals surface area contributed by atoms with Crippen molar-refractivity contribution < 1.29 is 18.7 Å². The lowest BCUT2D eigenvalue weighted by Crippen LogP contribution is -2.39. The summed E-state index contributed by atoms with van der Waals surface area (Å²) < 4.78 is 27.6. The second kappa shape index (κ2) is 5.27. The molecule has 0 aliphatic heterocycles. The van der Waals surface area contributed by atoms with Gasteiger partial charge in [-0.2, -0.15) is 0 Å². The standard InChI is InChI=1S/C15H18F2O2/c1-10(16)13-11(6-5-7-12(13)17)15(14(18)19)8-3-2-4-9-15/h5-7,10H,2-4,8-9H2,1H3,(H,18,19). The van der Waals surface area contributed by atoms with Crippen LogP contribution < -0.4 is 0 Å². The van der Waals surface area contributed by atoms with E-state index in [9.17, 15) is 18.7 Å². The van der Waals surface area contributed by atoms with Crippen molar-refractivity contribution >= 4 is 5.97 Å². The summed E-state index contributed by atoms with van der Waals surface area (Å²) >= 11 is 0. The first-order valence-corrected chi connectivity index (χ1v) is 6.65. The van der Waals surface area contributed by atoms with Crippen LogP contribution in [0.2, 0.25) is 0 Å². The van der Waals surface area contributed by atoms with E-state index in [1.165, 1.54) is 19.1 Å². The molecule has 2 nitrogen and oxygen atoms in total. The normalized spacial score (nSPS) is 19.9. The molecule has 1 atom stereocenters. The van der Waals surface area contributed by atoms with Gasteiger partial charge >= 0.3 is 5.97 Å². The van der Waals surface area contributed by atoms with Crippen LogP contribution in [0.3, 0.4) is 0 Å². The quantitative estimate of drug-likeness (QED) is 0.894. The molecule has 0 amide bonds. The third-order valence-corrected chi connectivity index (χ3v) is 4.08. The van der Waals surface area contributed by atoms with Crippen LogP contribution >= 0.6 is 0 Å². The van der Waals surface area contributed by atoms with E-state index in [0.29, 0.717) is 18.4 Å². The second-order valence-corrected chi connectivity index (χ2v) is 5.26. The maximum absolute atomic E-state index is 13.9. The van der Waals surface area contributed by atoms with E-state index in [0.717, 1.165) is 19.3 Å². The van der Waals surface area contributed by atoms with Crippen molar-refractivity contribution in [2.45, 2.75) is 50.6 Å². The molecular weight excluding hydrogens is 250 g/mol. The van der Waals surface area contributed by atoms with Gasteiger partial charge in [0.15, 0.2) is 0 Å². The smallest absolute Gasteiger partial charge is 0.314 e. The van der Waals surface area contributed by atoms with Crippen LogP contribution in [0, 0.1) is 5.82 Å². The number of benzene rings is 1. The topological polar surface area (TPSA) is 37.3 Å². The van der Waals surface area contributed by atoms with Crippen LogP contribution in [-0.4, -0.2) is 11.1 Å². The third kappa shape index (κ3) is 2.36. The first-order chi connectivity index (χ1) is 8.99. The Balaban J connectivity index is 2.60. The summed E-state index contributed by atoms with van der Waals surface area (Å²) in [5, 5.41) is 9.59. The molecule has 0 heterocycles. The van der Waals surface area contributed by atoms with Crippen LogP contribution in [-0.2, 0) is 10.2 Å². The Labute approximate surface area is 111 Å². The Morgan fingerprint density at radius 3 is 2.47 bits per heavy atom. The van der Waals surface area contributed by atoms with Gasteiger partial charge in [-0.25, -0.2) is 8.78 Å². The number of carbonyl (C=O) groups is 1. The zero-order valence-electron chi connectivity index (χ0n) is 11.0. The van der Waals surface area contributed by atoms with Crippen molar-refractivity contribution in [1.82, 2.24) is 0 Å². The van der Waals surface area contributed by atoms with Crippen molar-refractivity contribution in [3.63, 3.8) is 0 Å². The minimum atomic E-state index is -1.51. The molecule has 2 rings (SSSR count). The van der Waals surface area contributed by atoms with Gasteiger partial charge in [-0.15, -0.1) is 0 Å². The zero-order chi connectivity index (χ0) is 14.0. The van der Waals surface area contributed by atoms with Gasteiger partial charge in [0.25, 0.3) is 0 Å². The van der Waals surface area contributed by atoms with Crippen molar-refractivity contribution in [2.24, 2.45) is 0 Å². The SMILES string of the molecule is CC(F)c1c(F)cccc1C1(C(=O)O)CCCCC1. The second-order valence-electron chi connectivity index (χ2n) is 5.26. The van der Waals surface area contributed by atoms with E-state index < -0.39 is 23.4 Å². The fraction of sp³-hybridized carbons (Fsp3) is 0.533. The van der Waals surface area contributed by atoms with E-state index in [1.54, 1.807) is 6.07 Å². The molecule has 1 fully saturated rings. The van der Waals surface area contributed by atoms with Gasteiger partial charge < -0.3 is 5.11 Å². The average Bonchev–Trinajstić information content (AvgIpc) is 2.38. The summed E-state index contributed by atoms with van der Waals surface area (Å²) in [5.74, 6) is -1.63. The Morgan fingerprint density at radius 1 is 1.32 bits per heavy atom. The highest BCUT2D eigenvalue weighted by Crippen LogP contribution is 2.43. The number of alkyl halides is 1. The average molecular weight is 268 g/mol. The highest BCUT2D eigenvalue weighted by molar-refractivity contribution is 5.82. The lowest BCUT2D eigenvalue weighted by molar-refractivity contribution is -0.145. The molecule has 0 aromatic heterocycles. The van der Waals surface area contributed by atoms with Gasteiger partial charge in [0, 0.05) is 5.56 Å². The molecule has 0 spiro atoms. The first kappa shape index (κ1) is 14.0. The van der Waals surface area contributed by atoms with Crippen LogP contribution in [0.15, 0.2) is 18.2 Å². The summed E-state index contributed by atoms with van der Waals surface area (Å²) in [6, 6.07) is 4.22. The van der Waals surface area contributed by atoms with E-state index in [1.807, 2.05) is 0 Å². The van der Waals surface area contributed by atoms with E-state index in [-0.39, 0.29) is 5.56 Å². The van der Waals surface area contributed by atoms with Gasteiger partial charge in [0.2, 0.25) is 0 Å². The van der Waals surface area contributed by atoms with Gasteiger partial charge in [-0.1, -0.05) is 31.4 Å². The highest BCUT2D eigenvalue weighted by Gasteiger charge is 2.43. The number of carboxylic acids is 1. The largest absolute Gasteiger partial charge is 0.481 e. The fourth-order valence-electron chi connectivity index (χ4n) is 3.11. The van der Waals surface area contributed by atoms with Crippen LogP contribution in [0.25, 0.3) is 0 Å². The molecule has 0 bridgehead atoms. The van der Waals surface area contributed by atoms with Crippen LogP contribution in [0.4, 0.5) is 8.78 Å². The molecule has 104 valence electrons. The van der Waals surface area contributed by atoms with Gasteiger partial charge in [-0.05, 0) is 31.4 Å². The van der Waals surface area contributed by atoms with E-state index in [4.69, 9.17) is 0 Å². The van der Waals surface area contributed by atoms with Crippen LogP contribution in [0.1, 0.15) is 56.3 Å². The monoisotopic (exact) mass is 268 g/mol. The molecule has 1 aromatic rings. The summed E-state index contributed by atoms with van der Waals surface area (Å²) in [6.45, 7) is 1.25. The molecule has 0 radical (unpaired) electrons. The first-order valence-electron chi connectivity index (χ1n) is 6.65. The van der Waals surface area contributed by atoms with Crippen molar-refractivity contribution in [3.05, 3.63) is 35.1 Å². The fourth-order valence-corrected chi connectivity index (χ4v) is 3.11. The number of aliphatic carboxylic acids is 1.